The summed E-state index contributed by atoms with van der Waals surface area (Å²) in [5.74, 6) is 0.353. The van der Waals surface area contributed by atoms with Crippen LogP contribution in [0.5, 0.6) is 5.75 Å². The highest BCUT2D eigenvalue weighted by Crippen LogP contribution is 2.28. The number of rotatable bonds is 5. The molecule has 1 aromatic heterocycles. The Labute approximate surface area is 175 Å². The molecule has 0 atom stereocenters. The number of anilines is 1. The number of benzene rings is 2. The third kappa shape index (κ3) is 3.62. The Morgan fingerprint density at radius 1 is 0.867 bits per heavy atom. The number of fused-ring (bicyclic) bond motifs is 1. The van der Waals surface area contributed by atoms with E-state index in [1.165, 1.54) is 0 Å². The maximum Gasteiger partial charge on any atom is 0.286 e. The molecule has 30 heavy (non-hydrogen) atoms. The highest BCUT2D eigenvalue weighted by Gasteiger charge is 2.38. The van der Waals surface area contributed by atoms with E-state index in [-0.39, 0.29) is 17.3 Å². The van der Waals surface area contributed by atoms with Gasteiger partial charge in [-0.1, -0.05) is 24.3 Å². The van der Waals surface area contributed by atoms with Crippen LogP contribution in [0.1, 0.15) is 38.8 Å². The second-order valence-electron chi connectivity index (χ2n) is 7.31. The molecule has 0 unspecified atom stereocenters. The summed E-state index contributed by atoms with van der Waals surface area (Å²) in [4.78, 5) is 26.8. The third-order valence-corrected chi connectivity index (χ3v) is 4.93. The van der Waals surface area contributed by atoms with Gasteiger partial charge in [0.05, 0.1) is 6.61 Å². The quantitative estimate of drug-likeness (QED) is 0.648. The number of nitrogens with zero attached hydrogens (tertiary/aromatic N) is 1. The molecule has 1 aliphatic rings. The molecular formula is C25H23N2O3+. The minimum absolute atomic E-state index is 0.186. The normalized spacial score (nSPS) is 13.3. The van der Waals surface area contributed by atoms with Gasteiger partial charge < -0.3 is 10.1 Å². The molecular weight excluding hydrogens is 376 g/mol. The summed E-state index contributed by atoms with van der Waals surface area (Å²) >= 11 is 0. The van der Waals surface area contributed by atoms with Crippen molar-refractivity contribution in [3.8, 4) is 5.75 Å². The second-order valence-corrected chi connectivity index (χ2v) is 7.31. The number of hydrogen-bond donors (Lipinski definition) is 1. The molecule has 0 saturated heterocycles. The van der Waals surface area contributed by atoms with Crippen LogP contribution in [0.4, 0.5) is 5.69 Å². The lowest BCUT2D eigenvalue weighted by atomic mass is 9.90. The molecule has 0 fully saturated rings. The van der Waals surface area contributed by atoms with Crippen LogP contribution in [0, 0.1) is 13.8 Å². The van der Waals surface area contributed by atoms with Crippen LogP contribution in [0.2, 0.25) is 0 Å². The van der Waals surface area contributed by atoms with Crippen LogP contribution in [0.25, 0.3) is 5.70 Å². The smallest absolute Gasteiger partial charge is 0.286 e. The van der Waals surface area contributed by atoms with Gasteiger partial charge in [0.2, 0.25) is 5.78 Å². The van der Waals surface area contributed by atoms with Crippen molar-refractivity contribution in [2.45, 2.75) is 20.8 Å². The first kappa shape index (κ1) is 19.6. The molecule has 3 aromatic rings. The number of ether oxygens (including phenoxy) is 1. The largest absolute Gasteiger partial charge is 0.494 e. The number of allylic oxidation sites excluding steroid dienone is 2. The highest BCUT2D eigenvalue weighted by atomic mass is 16.5. The molecule has 4 rings (SSSR count). The van der Waals surface area contributed by atoms with Gasteiger partial charge in [0, 0.05) is 27.9 Å². The molecule has 1 N–H and O–H groups in total. The van der Waals surface area contributed by atoms with Crippen molar-refractivity contribution >= 4 is 23.0 Å². The molecule has 150 valence electrons. The summed E-state index contributed by atoms with van der Waals surface area (Å²) in [7, 11) is 0. The van der Waals surface area contributed by atoms with Gasteiger partial charge in [-0.2, -0.15) is 4.57 Å². The van der Waals surface area contributed by atoms with Gasteiger partial charge >= 0.3 is 0 Å². The average Bonchev–Trinajstić information content (AvgIpc) is 2.73. The Bertz CT molecular complexity index is 1160. The van der Waals surface area contributed by atoms with E-state index in [9.17, 15) is 9.59 Å². The lowest BCUT2D eigenvalue weighted by Gasteiger charge is -2.19. The molecule has 1 aliphatic carbocycles. The van der Waals surface area contributed by atoms with Gasteiger partial charge in [0.15, 0.2) is 18.1 Å². The summed E-state index contributed by atoms with van der Waals surface area (Å²) in [5.41, 5.74) is 4.11. The van der Waals surface area contributed by atoms with Crippen molar-refractivity contribution in [2.24, 2.45) is 0 Å². The Morgan fingerprint density at radius 2 is 1.47 bits per heavy atom. The zero-order valence-corrected chi connectivity index (χ0v) is 17.2. The van der Waals surface area contributed by atoms with E-state index in [4.69, 9.17) is 4.74 Å². The van der Waals surface area contributed by atoms with E-state index in [2.05, 4.69) is 5.32 Å². The number of ketones is 2. The first-order valence-corrected chi connectivity index (χ1v) is 9.90. The van der Waals surface area contributed by atoms with Crippen LogP contribution in [0.3, 0.4) is 0 Å². The summed E-state index contributed by atoms with van der Waals surface area (Å²) in [5, 5.41) is 3.19. The topological polar surface area (TPSA) is 59.3 Å². The van der Waals surface area contributed by atoms with Gasteiger partial charge in [0.25, 0.3) is 11.5 Å². The molecule has 0 spiro atoms. The Morgan fingerprint density at radius 3 is 2.07 bits per heavy atom. The first-order valence-electron chi connectivity index (χ1n) is 9.90. The minimum Gasteiger partial charge on any atom is -0.494 e. The summed E-state index contributed by atoms with van der Waals surface area (Å²) < 4.78 is 7.24. The first-order chi connectivity index (χ1) is 14.5. The molecule has 0 bridgehead atoms. The van der Waals surface area contributed by atoms with Crippen LogP contribution in [-0.2, 0) is 0 Å². The molecule has 0 amide bonds. The van der Waals surface area contributed by atoms with E-state index in [0.717, 1.165) is 16.9 Å². The monoisotopic (exact) mass is 399 g/mol. The molecule has 5 nitrogen and oxygen atoms in total. The Balaban J connectivity index is 1.86. The van der Waals surface area contributed by atoms with Crippen molar-refractivity contribution < 1.29 is 18.9 Å². The number of nitrogens with one attached hydrogen (secondary N) is 1. The Kier molecular flexibility index (Phi) is 5.19. The zero-order chi connectivity index (χ0) is 21.3. The molecule has 0 radical (unpaired) electrons. The number of pyridine rings is 1. The van der Waals surface area contributed by atoms with Crippen molar-refractivity contribution in [1.82, 2.24) is 0 Å². The second kappa shape index (κ2) is 7.95. The zero-order valence-electron chi connectivity index (χ0n) is 17.2. The van der Waals surface area contributed by atoms with E-state index < -0.39 is 0 Å². The lowest BCUT2D eigenvalue weighted by molar-refractivity contribution is -0.578. The van der Waals surface area contributed by atoms with E-state index >= 15 is 0 Å². The maximum atomic E-state index is 13.4. The van der Waals surface area contributed by atoms with Crippen LogP contribution < -0.4 is 14.6 Å². The minimum atomic E-state index is -0.208. The van der Waals surface area contributed by atoms with Crippen LogP contribution in [0.15, 0.2) is 72.7 Å². The van der Waals surface area contributed by atoms with E-state index in [0.29, 0.717) is 29.1 Å². The number of aryl methyl sites for hydroxylation is 2. The average molecular weight is 399 g/mol. The summed E-state index contributed by atoms with van der Waals surface area (Å²) in [6, 6.07) is 16.3. The molecule has 1 heterocycles. The van der Waals surface area contributed by atoms with E-state index in [1.54, 1.807) is 28.8 Å². The third-order valence-electron chi connectivity index (χ3n) is 4.93. The van der Waals surface area contributed by atoms with Crippen molar-refractivity contribution in [1.29, 1.82) is 0 Å². The number of carbonyl (C=O) groups is 2. The van der Waals surface area contributed by atoms with Crippen molar-refractivity contribution in [3.63, 3.8) is 0 Å². The molecule has 2 aromatic carbocycles. The Hall–Kier alpha value is -3.73. The fourth-order valence-electron chi connectivity index (χ4n) is 3.71. The van der Waals surface area contributed by atoms with Crippen LogP contribution >= 0.6 is 0 Å². The SMILES string of the molecule is CCOc1ccc(NC2=C([n+]3cc(C)cc(C)c3)C(=O)c3ccccc3C2=O)cc1. The number of carbonyl (C=O) groups excluding carboxylic acids is 2. The predicted molar refractivity (Wildman–Crippen MR) is 116 cm³/mol. The summed E-state index contributed by atoms with van der Waals surface area (Å²) in [6.45, 7) is 6.43. The van der Waals surface area contributed by atoms with Crippen molar-refractivity contribution in [2.75, 3.05) is 11.9 Å². The number of aromatic nitrogens is 1. The van der Waals surface area contributed by atoms with Gasteiger partial charge in [-0.3, -0.25) is 9.59 Å². The highest BCUT2D eigenvalue weighted by molar-refractivity contribution is 6.36. The predicted octanol–water partition coefficient (Wildman–Crippen LogP) is 4.35. The molecule has 0 saturated carbocycles. The molecule has 0 aliphatic heterocycles. The van der Waals surface area contributed by atoms with Crippen LogP contribution in [-0.4, -0.2) is 18.2 Å². The van der Waals surface area contributed by atoms with Gasteiger partial charge in [-0.15, -0.1) is 0 Å². The molecule has 5 heteroatoms. The van der Waals surface area contributed by atoms with Gasteiger partial charge in [0.1, 0.15) is 5.75 Å². The standard InChI is InChI=1S/C25H22N2O3/c1-4-30-19-11-9-18(10-12-19)26-22-23(27-14-16(2)13-17(3)15-27)25(29)21-8-6-5-7-20(21)24(22)28/h5-15H,4H2,1-3H3/p+1. The number of hydrogen-bond acceptors (Lipinski definition) is 4. The van der Waals surface area contributed by atoms with Gasteiger partial charge in [-0.05, 0) is 51.1 Å². The van der Waals surface area contributed by atoms with Gasteiger partial charge in [-0.25, -0.2) is 0 Å². The fourth-order valence-corrected chi connectivity index (χ4v) is 3.71. The fraction of sp³-hybridized carbons (Fsp3) is 0.160. The summed E-state index contributed by atoms with van der Waals surface area (Å²) in [6.07, 6.45) is 3.72. The maximum absolute atomic E-state index is 13.4. The van der Waals surface area contributed by atoms with E-state index in [1.807, 2.05) is 63.5 Å². The van der Waals surface area contributed by atoms with Crippen molar-refractivity contribution in [3.05, 3.63) is 94.9 Å². The lowest BCUT2D eigenvalue weighted by Crippen LogP contribution is -2.42. The number of Topliss-reactive ketones (excluding diaryl/α,β-unsaturated/α-hetero) is 2.